The van der Waals surface area contributed by atoms with Crippen molar-refractivity contribution >= 4 is 34.3 Å². The van der Waals surface area contributed by atoms with Gasteiger partial charge >= 0.3 is 0 Å². The second kappa shape index (κ2) is 8.84. The van der Waals surface area contributed by atoms with Gasteiger partial charge in [-0.15, -0.1) is 0 Å². The van der Waals surface area contributed by atoms with Crippen molar-refractivity contribution in [2.75, 3.05) is 0 Å². The molecule has 4 rings (SSSR count). The van der Waals surface area contributed by atoms with Crippen molar-refractivity contribution in [3.8, 4) is 11.3 Å². The summed E-state index contributed by atoms with van der Waals surface area (Å²) in [6.45, 7) is 0. The first-order valence-electron chi connectivity index (χ1n) is 9.42. The molecule has 30 heavy (non-hydrogen) atoms. The number of carbonyl (C=O) groups is 2. The molecule has 0 bridgehead atoms. The number of nitrogens with zero attached hydrogens (tertiary/aromatic N) is 1. The second-order valence-corrected chi connectivity index (χ2v) is 7.19. The van der Waals surface area contributed by atoms with Crippen LogP contribution in [-0.4, -0.2) is 21.8 Å². The molecule has 2 heterocycles. The Hall–Kier alpha value is -3.58. The van der Waals surface area contributed by atoms with Crippen molar-refractivity contribution in [3.05, 3.63) is 77.4 Å². The molecule has 7 nitrogen and oxygen atoms in total. The van der Waals surface area contributed by atoms with Gasteiger partial charge < -0.3 is 9.40 Å². The van der Waals surface area contributed by atoms with E-state index in [2.05, 4.69) is 20.8 Å². The third-order valence-corrected chi connectivity index (χ3v) is 4.87. The number of para-hydroxylation sites is 1. The molecule has 2 aromatic carbocycles. The van der Waals surface area contributed by atoms with Gasteiger partial charge in [-0.25, -0.2) is 4.98 Å². The third kappa shape index (κ3) is 4.69. The predicted molar refractivity (Wildman–Crippen MR) is 114 cm³/mol. The van der Waals surface area contributed by atoms with Crippen LogP contribution in [0, 0.1) is 0 Å². The molecule has 0 aliphatic carbocycles. The maximum absolute atomic E-state index is 12.1. The Morgan fingerprint density at radius 2 is 1.80 bits per heavy atom. The number of halogens is 1. The first-order chi connectivity index (χ1) is 14.6. The number of hydrogen-bond donors (Lipinski definition) is 3. The molecular formula is C22H19ClN4O3. The summed E-state index contributed by atoms with van der Waals surface area (Å²) in [5, 5.41) is 1.63. The molecule has 0 spiro atoms. The lowest BCUT2D eigenvalue weighted by Crippen LogP contribution is -2.42. The highest BCUT2D eigenvalue weighted by Crippen LogP contribution is 2.22. The third-order valence-electron chi connectivity index (χ3n) is 4.62. The molecule has 2 aromatic heterocycles. The minimum atomic E-state index is -0.325. The number of benzene rings is 2. The normalized spacial score (nSPS) is 10.8. The Labute approximate surface area is 177 Å². The van der Waals surface area contributed by atoms with Crippen molar-refractivity contribution in [1.29, 1.82) is 0 Å². The molecule has 0 fully saturated rings. The van der Waals surface area contributed by atoms with Crippen molar-refractivity contribution in [2.45, 2.75) is 19.3 Å². The van der Waals surface area contributed by atoms with Crippen LogP contribution in [-0.2, 0) is 22.4 Å². The molecule has 0 aliphatic rings. The first kappa shape index (κ1) is 19.7. The zero-order chi connectivity index (χ0) is 20.9. The highest BCUT2D eigenvalue weighted by Gasteiger charge is 2.11. The lowest BCUT2D eigenvalue weighted by molar-refractivity contribution is -0.128. The zero-order valence-corrected chi connectivity index (χ0v) is 16.7. The van der Waals surface area contributed by atoms with E-state index in [4.69, 9.17) is 16.0 Å². The van der Waals surface area contributed by atoms with Crippen molar-refractivity contribution < 1.29 is 14.0 Å². The Balaban J connectivity index is 1.24. The molecule has 0 unspecified atom stereocenters. The molecular weight excluding hydrogens is 404 g/mol. The number of rotatable bonds is 6. The predicted octanol–water partition coefficient (Wildman–Crippen LogP) is 3.80. The van der Waals surface area contributed by atoms with E-state index in [0.717, 1.165) is 22.0 Å². The Morgan fingerprint density at radius 1 is 1.03 bits per heavy atom. The van der Waals surface area contributed by atoms with Gasteiger partial charge in [0, 0.05) is 40.5 Å². The van der Waals surface area contributed by atoms with E-state index >= 15 is 0 Å². The molecule has 152 valence electrons. The lowest BCUT2D eigenvalue weighted by atomic mass is 10.1. The number of carbonyl (C=O) groups excluding carboxylic acids is 2. The molecule has 0 atom stereocenters. The smallest absolute Gasteiger partial charge is 0.242 e. The Bertz CT molecular complexity index is 1180. The molecule has 2 amide bonds. The largest absolute Gasteiger partial charge is 0.441 e. The summed E-state index contributed by atoms with van der Waals surface area (Å²) in [7, 11) is 0. The number of hydrazine groups is 1. The van der Waals surface area contributed by atoms with Crippen LogP contribution < -0.4 is 10.9 Å². The van der Waals surface area contributed by atoms with Crippen molar-refractivity contribution in [2.24, 2.45) is 0 Å². The van der Waals surface area contributed by atoms with Gasteiger partial charge in [-0.05, 0) is 35.9 Å². The number of aryl methyl sites for hydroxylation is 1. The quantitative estimate of drug-likeness (QED) is 0.411. The van der Waals surface area contributed by atoms with Gasteiger partial charge in [0.2, 0.25) is 11.8 Å². The van der Waals surface area contributed by atoms with E-state index < -0.39 is 0 Å². The maximum Gasteiger partial charge on any atom is 0.242 e. The van der Waals surface area contributed by atoms with Gasteiger partial charge in [-0.2, -0.15) is 0 Å². The zero-order valence-electron chi connectivity index (χ0n) is 15.9. The van der Waals surface area contributed by atoms with Gasteiger partial charge in [-0.1, -0.05) is 29.8 Å². The number of hydrogen-bond acceptors (Lipinski definition) is 4. The number of amides is 2. The monoisotopic (exact) mass is 422 g/mol. The van der Waals surface area contributed by atoms with E-state index in [-0.39, 0.29) is 24.7 Å². The Kier molecular flexibility index (Phi) is 5.81. The number of oxazole rings is 1. The summed E-state index contributed by atoms with van der Waals surface area (Å²) in [6, 6.07) is 14.9. The summed E-state index contributed by atoms with van der Waals surface area (Å²) < 4.78 is 5.67. The average Bonchev–Trinajstić information content (AvgIpc) is 3.39. The molecule has 3 N–H and O–H groups in total. The highest BCUT2D eigenvalue weighted by atomic mass is 35.5. The fraction of sp³-hybridized carbons (Fsp3) is 0.136. The molecule has 0 saturated carbocycles. The van der Waals surface area contributed by atoms with E-state index in [0.29, 0.717) is 23.1 Å². The maximum atomic E-state index is 12.1. The minimum absolute atomic E-state index is 0.133. The summed E-state index contributed by atoms with van der Waals surface area (Å²) >= 11 is 5.88. The van der Waals surface area contributed by atoms with Crippen LogP contribution in [0.5, 0.6) is 0 Å². The fourth-order valence-corrected chi connectivity index (χ4v) is 3.22. The second-order valence-electron chi connectivity index (χ2n) is 6.76. The van der Waals surface area contributed by atoms with Crippen LogP contribution in [0.25, 0.3) is 22.2 Å². The molecule has 0 aliphatic heterocycles. The van der Waals surface area contributed by atoms with Crippen molar-refractivity contribution in [1.82, 2.24) is 20.8 Å². The van der Waals surface area contributed by atoms with E-state index in [1.807, 2.05) is 36.4 Å². The van der Waals surface area contributed by atoms with Gasteiger partial charge in [0.15, 0.2) is 11.7 Å². The topological polar surface area (TPSA) is 100 Å². The number of aromatic amines is 1. The van der Waals surface area contributed by atoms with Crippen LogP contribution in [0.15, 0.2) is 65.3 Å². The summed E-state index contributed by atoms with van der Waals surface area (Å²) in [4.78, 5) is 31.5. The van der Waals surface area contributed by atoms with Gasteiger partial charge in [0.05, 0.1) is 12.6 Å². The van der Waals surface area contributed by atoms with Crippen molar-refractivity contribution in [3.63, 3.8) is 0 Å². The standard InChI is InChI=1S/C22H19ClN4O3/c23-16-7-5-14(6-8-16)19-13-25-22(30-19)10-9-20(28)26-27-21(29)11-15-12-24-18-4-2-1-3-17(15)18/h1-8,12-13,24H,9-11H2,(H,26,28)(H,27,29). The van der Waals surface area contributed by atoms with Crippen LogP contribution in [0.4, 0.5) is 0 Å². The van der Waals surface area contributed by atoms with E-state index in [9.17, 15) is 9.59 Å². The molecule has 8 heteroatoms. The lowest BCUT2D eigenvalue weighted by Gasteiger charge is -2.06. The van der Waals surface area contributed by atoms with Crippen LogP contribution in [0.3, 0.4) is 0 Å². The number of aromatic nitrogens is 2. The summed E-state index contributed by atoms with van der Waals surface area (Å²) in [5.41, 5.74) is 7.55. The molecule has 0 saturated heterocycles. The van der Waals surface area contributed by atoms with Gasteiger partial charge in [0.25, 0.3) is 0 Å². The van der Waals surface area contributed by atoms with Gasteiger partial charge in [0.1, 0.15) is 0 Å². The summed E-state index contributed by atoms with van der Waals surface area (Å²) in [5.74, 6) is 0.428. The van der Waals surface area contributed by atoms with Crippen LogP contribution in [0.1, 0.15) is 17.9 Å². The van der Waals surface area contributed by atoms with Crippen LogP contribution >= 0.6 is 11.6 Å². The highest BCUT2D eigenvalue weighted by molar-refractivity contribution is 6.30. The average molecular weight is 423 g/mol. The summed E-state index contributed by atoms with van der Waals surface area (Å²) in [6.07, 6.45) is 4.02. The number of nitrogens with one attached hydrogen (secondary N) is 3. The number of H-pyrrole nitrogens is 1. The van der Waals surface area contributed by atoms with Crippen LogP contribution in [0.2, 0.25) is 5.02 Å². The fourth-order valence-electron chi connectivity index (χ4n) is 3.09. The van der Waals surface area contributed by atoms with Gasteiger partial charge in [-0.3, -0.25) is 20.4 Å². The molecule has 4 aromatic rings. The molecule has 0 radical (unpaired) electrons. The van der Waals surface area contributed by atoms with E-state index in [1.54, 1.807) is 24.5 Å². The SMILES string of the molecule is O=C(CCc1ncc(-c2ccc(Cl)cc2)o1)NNC(=O)Cc1c[nH]c2ccccc12. The van der Waals surface area contributed by atoms with E-state index in [1.165, 1.54) is 0 Å². The Morgan fingerprint density at radius 3 is 2.63 bits per heavy atom. The first-order valence-corrected chi connectivity index (χ1v) is 9.79. The minimum Gasteiger partial charge on any atom is -0.441 e. The number of fused-ring (bicyclic) bond motifs is 1.